The average molecular weight is 348 g/mol. The average Bonchev–Trinajstić information content (AvgIpc) is 2.36. The quantitative estimate of drug-likeness (QED) is 0.722. The van der Waals surface area contributed by atoms with Crippen molar-refractivity contribution in [3.8, 4) is 0 Å². The molecule has 0 unspecified atom stereocenters. The maximum absolute atomic E-state index is 11.5. The zero-order valence-electron chi connectivity index (χ0n) is 9.63. The van der Waals surface area contributed by atoms with Crippen molar-refractivity contribution < 1.29 is 0 Å². The molecule has 1 aromatic rings. The summed E-state index contributed by atoms with van der Waals surface area (Å²) in [6, 6.07) is 0. The van der Waals surface area contributed by atoms with E-state index < -0.39 is 0 Å². The molecule has 0 bridgehead atoms. The standard InChI is InChI=1S/C11H17IN4O/c12-8-9(14-7-15-10(8)17)16-11(6-13)4-2-1-3-5-11/h7H,1-6,13H2,(H2,14,15,16,17). The molecule has 0 radical (unpaired) electrons. The number of hydrogen-bond acceptors (Lipinski definition) is 4. The van der Waals surface area contributed by atoms with Gasteiger partial charge in [0.1, 0.15) is 9.39 Å². The Morgan fingerprint density at radius 2 is 2.18 bits per heavy atom. The van der Waals surface area contributed by atoms with Crippen molar-refractivity contribution in [2.75, 3.05) is 11.9 Å². The number of nitrogens with one attached hydrogen (secondary N) is 2. The molecule has 1 aromatic heterocycles. The van der Waals surface area contributed by atoms with E-state index >= 15 is 0 Å². The van der Waals surface area contributed by atoms with Gasteiger partial charge in [-0.1, -0.05) is 19.3 Å². The van der Waals surface area contributed by atoms with Crippen molar-refractivity contribution in [2.45, 2.75) is 37.6 Å². The topological polar surface area (TPSA) is 83.8 Å². The third-order valence-electron chi connectivity index (χ3n) is 3.38. The van der Waals surface area contributed by atoms with E-state index in [1.54, 1.807) is 0 Å². The first-order valence-electron chi connectivity index (χ1n) is 5.88. The third kappa shape index (κ3) is 2.79. The molecular weight excluding hydrogens is 331 g/mol. The van der Waals surface area contributed by atoms with Gasteiger partial charge in [0.2, 0.25) is 0 Å². The van der Waals surface area contributed by atoms with Gasteiger partial charge in [-0.25, -0.2) is 4.98 Å². The summed E-state index contributed by atoms with van der Waals surface area (Å²) in [5.74, 6) is 0.654. The minimum absolute atomic E-state index is 0.0844. The Kier molecular flexibility index (Phi) is 4.03. The van der Waals surface area contributed by atoms with Gasteiger partial charge in [0.15, 0.2) is 0 Å². The summed E-state index contributed by atoms with van der Waals surface area (Å²) in [7, 11) is 0. The Morgan fingerprint density at radius 3 is 2.82 bits per heavy atom. The Bertz CT molecular complexity index is 439. The molecule has 4 N–H and O–H groups in total. The molecule has 2 rings (SSSR count). The van der Waals surface area contributed by atoms with Crippen molar-refractivity contribution >= 4 is 28.4 Å². The number of aromatic nitrogens is 2. The van der Waals surface area contributed by atoms with Crippen LogP contribution in [0.15, 0.2) is 11.1 Å². The lowest BCUT2D eigenvalue weighted by molar-refractivity contribution is 0.330. The number of rotatable bonds is 3. The Balaban J connectivity index is 2.23. The molecule has 0 saturated heterocycles. The molecule has 1 heterocycles. The van der Waals surface area contributed by atoms with Crippen molar-refractivity contribution in [3.05, 3.63) is 20.3 Å². The first-order chi connectivity index (χ1) is 8.17. The molecule has 1 aliphatic carbocycles. The lowest BCUT2D eigenvalue weighted by Gasteiger charge is -2.37. The fraction of sp³-hybridized carbons (Fsp3) is 0.636. The Labute approximate surface area is 114 Å². The van der Waals surface area contributed by atoms with Gasteiger partial charge in [0.25, 0.3) is 5.56 Å². The smallest absolute Gasteiger partial charge is 0.266 e. The van der Waals surface area contributed by atoms with Crippen molar-refractivity contribution in [3.63, 3.8) is 0 Å². The van der Waals surface area contributed by atoms with E-state index in [1.807, 2.05) is 22.6 Å². The van der Waals surface area contributed by atoms with Crippen LogP contribution in [0.25, 0.3) is 0 Å². The van der Waals surface area contributed by atoms with E-state index in [0.29, 0.717) is 15.9 Å². The second-order valence-electron chi connectivity index (χ2n) is 4.56. The van der Waals surface area contributed by atoms with Crippen molar-refractivity contribution in [1.29, 1.82) is 0 Å². The van der Waals surface area contributed by atoms with Crippen LogP contribution in [-0.4, -0.2) is 22.1 Å². The lowest BCUT2D eigenvalue weighted by Crippen LogP contribution is -2.47. The summed E-state index contributed by atoms with van der Waals surface area (Å²) in [5, 5.41) is 3.39. The molecule has 94 valence electrons. The fourth-order valence-electron chi connectivity index (χ4n) is 2.33. The Hall–Kier alpha value is -0.630. The van der Waals surface area contributed by atoms with Crippen LogP contribution in [0.1, 0.15) is 32.1 Å². The molecule has 17 heavy (non-hydrogen) atoms. The molecule has 1 fully saturated rings. The first kappa shape index (κ1) is 12.8. The summed E-state index contributed by atoms with van der Waals surface area (Å²) in [6.45, 7) is 0.581. The largest absolute Gasteiger partial charge is 0.362 e. The van der Waals surface area contributed by atoms with Gasteiger partial charge in [-0.15, -0.1) is 0 Å². The summed E-state index contributed by atoms with van der Waals surface area (Å²) in [4.78, 5) is 18.3. The van der Waals surface area contributed by atoms with Crippen molar-refractivity contribution in [1.82, 2.24) is 9.97 Å². The molecule has 5 nitrogen and oxygen atoms in total. The first-order valence-corrected chi connectivity index (χ1v) is 6.96. The van der Waals surface area contributed by atoms with Gasteiger partial charge in [0.05, 0.1) is 11.9 Å². The highest BCUT2D eigenvalue weighted by molar-refractivity contribution is 14.1. The number of nitrogens with zero attached hydrogens (tertiary/aromatic N) is 1. The summed E-state index contributed by atoms with van der Waals surface area (Å²) in [6.07, 6.45) is 7.17. The monoisotopic (exact) mass is 348 g/mol. The number of hydrogen-bond donors (Lipinski definition) is 3. The van der Waals surface area contributed by atoms with Gasteiger partial charge >= 0.3 is 0 Å². The summed E-state index contributed by atoms with van der Waals surface area (Å²) < 4.78 is 0.600. The third-order valence-corrected chi connectivity index (χ3v) is 4.38. The molecule has 1 aliphatic rings. The minimum atomic E-state index is -0.105. The van der Waals surface area contributed by atoms with Crippen LogP contribution in [0, 0.1) is 3.57 Å². The summed E-state index contributed by atoms with van der Waals surface area (Å²) >= 11 is 2.01. The molecule has 0 atom stereocenters. The zero-order chi connectivity index (χ0) is 12.3. The van der Waals surface area contributed by atoms with Crippen LogP contribution in [0.4, 0.5) is 5.82 Å². The molecule has 6 heteroatoms. The van der Waals surface area contributed by atoms with Gasteiger partial charge in [0, 0.05) is 6.54 Å². The van der Waals surface area contributed by atoms with Crippen LogP contribution in [-0.2, 0) is 0 Å². The van der Waals surface area contributed by atoms with Crippen LogP contribution in [0.5, 0.6) is 0 Å². The Morgan fingerprint density at radius 1 is 1.47 bits per heavy atom. The van der Waals surface area contributed by atoms with Gasteiger partial charge in [-0.05, 0) is 35.4 Å². The van der Waals surface area contributed by atoms with E-state index in [0.717, 1.165) is 12.8 Å². The van der Waals surface area contributed by atoms with Crippen LogP contribution in [0.2, 0.25) is 0 Å². The highest BCUT2D eigenvalue weighted by atomic mass is 127. The van der Waals surface area contributed by atoms with E-state index in [-0.39, 0.29) is 11.1 Å². The number of anilines is 1. The second-order valence-corrected chi connectivity index (χ2v) is 5.64. The van der Waals surface area contributed by atoms with Gasteiger partial charge in [-0.2, -0.15) is 0 Å². The van der Waals surface area contributed by atoms with E-state index in [4.69, 9.17) is 5.73 Å². The normalized spacial score (nSPS) is 18.9. The fourth-order valence-corrected chi connectivity index (χ4v) is 2.76. The van der Waals surface area contributed by atoms with E-state index in [2.05, 4.69) is 15.3 Å². The lowest BCUT2D eigenvalue weighted by atomic mass is 9.82. The molecule has 0 aliphatic heterocycles. The number of H-pyrrole nitrogens is 1. The maximum atomic E-state index is 11.5. The van der Waals surface area contributed by atoms with Crippen LogP contribution >= 0.6 is 22.6 Å². The van der Waals surface area contributed by atoms with E-state index in [9.17, 15) is 4.79 Å². The molecular formula is C11H17IN4O. The van der Waals surface area contributed by atoms with Crippen LogP contribution < -0.4 is 16.6 Å². The molecule has 0 aromatic carbocycles. The highest BCUT2D eigenvalue weighted by Gasteiger charge is 2.31. The van der Waals surface area contributed by atoms with Gasteiger partial charge < -0.3 is 16.0 Å². The molecule has 0 spiro atoms. The molecule has 0 amide bonds. The number of nitrogens with two attached hydrogens (primary N) is 1. The zero-order valence-corrected chi connectivity index (χ0v) is 11.8. The molecule has 1 saturated carbocycles. The van der Waals surface area contributed by atoms with E-state index in [1.165, 1.54) is 25.6 Å². The number of halogens is 1. The van der Waals surface area contributed by atoms with Gasteiger partial charge in [-0.3, -0.25) is 4.79 Å². The van der Waals surface area contributed by atoms with Crippen LogP contribution in [0.3, 0.4) is 0 Å². The number of aromatic amines is 1. The van der Waals surface area contributed by atoms with Crippen molar-refractivity contribution in [2.24, 2.45) is 5.73 Å². The predicted octanol–water partition coefficient (Wildman–Crippen LogP) is 1.45. The maximum Gasteiger partial charge on any atom is 0.266 e. The minimum Gasteiger partial charge on any atom is -0.362 e. The second kappa shape index (κ2) is 5.34. The highest BCUT2D eigenvalue weighted by Crippen LogP contribution is 2.30. The SMILES string of the molecule is NCC1(Nc2nc[nH]c(=O)c2I)CCCCC1. The summed E-state index contributed by atoms with van der Waals surface area (Å²) in [5.41, 5.74) is 5.71. The predicted molar refractivity (Wildman–Crippen MR) is 76.1 cm³/mol.